The largest absolute Gasteiger partial charge is 0.396 e. The van der Waals surface area contributed by atoms with E-state index in [-0.39, 0.29) is 12.5 Å². The number of hydrogen-bond acceptors (Lipinski definition) is 3. The summed E-state index contributed by atoms with van der Waals surface area (Å²) in [5.74, 6) is 0.0389. The molecule has 0 fully saturated rings. The number of amides is 1. The third-order valence-corrected chi connectivity index (χ3v) is 3.17. The van der Waals surface area contributed by atoms with Crippen LogP contribution in [0.15, 0.2) is 18.2 Å². The number of rotatable bonds is 7. The van der Waals surface area contributed by atoms with E-state index in [9.17, 15) is 4.79 Å². The van der Waals surface area contributed by atoms with Crippen molar-refractivity contribution in [3.63, 3.8) is 0 Å². The predicted octanol–water partition coefficient (Wildman–Crippen LogP) is 2.27. The van der Waals surface area contributed by atoms with Gasteiger partial charge < -0.3 is 15.3 Å². The van der Waals surface area contributed by atoms with Gasteiger partial charge in [0.25, 0.3) is 5.91 Å². The van der Waals surface area contributed by atoms with E-state index in [1.807, 2.05) is 39.2 Å². The average molecular weight is 264 g/mol. The smallest absolute Gasteiger partial charge is 0.255 e. The van der Waals surface area contributed by atoms with Gasteiger partial charge in [-0.25, -0.2) is 0 Å². The Morgan fingerprint density at radius 3 is 2.68 bits per heavy atom. The maximum Gasteiger partial charge on any atom is 0.255 e. The molecule has 0 radical (unpaired) electrons. The lowest BCUT2D eigenvalue weighted by molar-refractivity contribution is 0.0793. The number of aliphatic hydroxyl groups is 1. The Kier molecular flexibility index (Phi) is 6.36. The van der Waals surface area contributed by atoms with Gasteiger partial charge in [0.2, 0.25) is 0 Å². The van der Waals surface area contributed by atoms with Crippen molar-refractivity contribution in [3.8, 4) is 0 Å². The van der Waals surface area contributed by atoms with Gasteiger partial charge in [-0.05, 0) is 38.3 Å². The van der Waals surface area contributed by atoms with Crippen LogP contribution in [-0.2, 0) is 0 Å². The number of hydrogen-bond donors (Lipinski definition) is 2. The molecule has 2 N–H and O–H groups in total. The minimum Gasteiger partial charge on any atom is -0.396 e. The molecule has 4 heteroatoms. The first-order valence-electron chi connectivity index (χ1n) is 6.75. The van der Waals surface area contributed by atoms with Gasteiger partial charge in [-0.1, -0.05) is 11.6 Å². The molecule has 0 saturated carbocycles. The maximum atomic E-state index is 12.4. The highest BCUT2D eigenvalue weighted by atomic mass is 16.2. The zero-order chi connectivity index (χ0) is 14.3. The lowest BCUT2D eigenvalue weighted by Gasteiger charge is -2.19. The van der Waals surface area contributed by atoms with Crippen LogP contribution in [-0.4, -0.2) is 43.2 Å². The van der Waals surface area contributed by atoms with Crippen LogP contribution >= 0.6 is 0 Å². The van der Waals surface area contributed by atoms with Crippen LogP contribution in [0.1, 0.15) is 35.2 Å². The second-order valence-electron chi connectivity index (χ2n) is 4.81. The second kappa shape index (κ2) is 7.79. The first kappa shape index (κ1) is 15.5. The van der Waals surface area contributed by atoms with Crippen LogP contribution in [0.25, 0.3) is 0 Å². The number of nitrogens with zero attached hydrogens (tertiary/aromatic N) is 1. The minimum absolute atomic E-state index is 0.0389. The number of unbranched alkanes of at least 4 members (excludes halogenated alkanes) is 2. The summed E-state index contributed by atoms with van der Waals surface area (Å²) in [7, 11) is 3.64. The molecule has 0 aromatic heterocycles. The zero-order valence-corrected chi connectivity index (χ0v) is 12.1. The lowest BCUT2D eigenvalue weighted by atomic mass is 10.1. The van der Waals surface area contributed by atoms with E-state index in [0.29, 0.717) is 5.56 Å². The highest BCUT2D eigenvalue weighted by Gasteiger charge is 2.15. The monoisotopic (exact) mass is 264 g/mol. The molecule has 0 bridgehead atoms. The molecule has 19 heavy (non-hydrogen) atoms. The van der Waals surface area contributed by atoms with Gasteiger partial charge in [-0.2, -0.15) is 0 Å². The zero-order valence-electron chi connectivity index (χ0n) is 12.1. The molecule has 0 saturated heterocycles. The van der Waals surface area contributed by atoms with Crippen molar-refractivity contribution < 1.29 is 9.90 Å². The first-order chi connectivity index (χ1) is 9.10. The van der Waals surface area contributed by atoms with Crippen LogP contribution < -0.4 is 5.32 Å². The molecule has 0 aliphatic heterocycles. The molecule has 0 unspecified atom stereocenters. The van der Waals surface area contributed by atoms with Gasteiger partial charge in [0, 0.05) is 32.9 Å². The van der Waals surface area contributed by atoms with Crippen LogP contribution in [0.2, 0.25) is 0 Å². The van der Waals surface area contributed by atoms with E-state index in [4.69, 9.17) is 5.11 Å². The lowest BCUT2D eigenvalue weighted by Crippen LogP contribution is -2.28. The Bertz CT molecular complexity index is 419. The average Bonchev–Trinajstić information content (AvgIpc) is 2.42. The summed E-state index contributed by atoms with van der Waals surface area (Å²) < 4.78 is 0. The molecule has 0 aliphatic rings. The van der Waals surface area contributed by atoms with Crippen molar-refractivity contribution in [1.29, 1.82) is 0 Å². The number of carbonyl (C=O) groups excluding carboxylic acids is 1. The quantitative estimate of drug-likeness (QED) is 0.743. The standard InChI is InChI=1S/C15H24N2O2/c1-12-7-8-14(16-2)13(11-12)15(19)17(3)9-5-4-6-10-18/h7-8,11,16,18H,4-6,9-10H2,1-3H3. The van der Waals surface area contributed by atoms with Gasteiger partial charge in [0.05, 0.1) is 5.56 Å². The van der Waals surface area contributed by atoms with Crippen molar-refractivity contribution in [2.24, 2.45) is 0 Å². The van der Waals surface area contributed by atoms with Crippen molar-refractivity contribution in [3.05, 3.63) is 29.3 Å². The normalized spacial score (nSPS) is 10.3. The van der Waals surface area contributed by atoms with Gasteiger partial charge >= 0.3 is 0 Å². The molecule has 0 aliphatic carbocycles. The fraction of sp³-hybridized carbons (Fsp3) is 0.533. The Balaban J connectivity index is 2.68. The topological polar surface area (TPSA) is 52.6 Å². The summed E-state index contributed by atoms with van der Waals surface area (Å²) in [4.78, 5) is 14.1. The van der Waals surface area contributed by atoms with E-state index in [1.54, 1.807) is 4.90 Å². The second-order valence-corrected chi connectivity index (χ2v) is 4.81. The highest BCUT2D eigenvalue weighted by Crippen LogP contribution is 2.18. The molecule has 1 aromatic carbocycles. The molecule has 1 aromatic rings. The summed E-state index contributed by atoms with van der Waals surface area (Å²) in [6, 6.07) is 5.84. The summed E-state index contributed by atoms with van der Waals surface area (Å²) in [5, 5.41) is 11.8. The highest BCUT2D eigenvalue weighted by molar-refractivity contribution is 5.99. The SMILES string of the molecule is CNc1ccc(C)cc1C(=O)N(C)CCCCCO. The molecule has 0 atom stereocenters. The fourth-order valence-electron chi connectivity index (χ4n) is 2.00. The van der Waals surface area contributed by atoms with E-state index in [1.165, 1.54) is 0 Å². The predicted molar refractivity (Wildman–Crippen MR) is 78.6 cm³/mol. The first-order valence-corrected chi connectivity index (χ1v) is 6.75. The number of benzene rings is 1. The van der Waals surface area contributed by atoms with E-state index in [0.717, 1.165) is 37.1 Å². The van der Waals surface area contributed by atoms with Gasteiger partial charge in [-0.15, -0.1) is 0 Å². The third kappa shape index (κ3) is 4.56. The number of anilines is 1. The maximum absolute atomic E-state index is 12.4. The van der Waals surface area contributed by atoms with Gasteiger partial charge in [-0.3, -0.25) is 4.79 Å². The van der Waals surface area contributed by atoms with Crippen molar-refractivity contribution >= 4 is 11.6 Å². The molecule has 0 spiro atoms. The van der Waals surface area contributed by atoms with E-state index in [2.05, 4.69) is 5.32 Å². The Morgan fingerprint density at radius 1 is 1.32 bits per heavy atom. The summed E-state index contributed by atoms with van der Waals surface area (Å²) in [5.41, 5.74) is 2.65. The Labute approximate surface area is 115 Å². The van der Waals surface area contributed by atoms with Crippen molar-refractivity contribution in [1.82, 2.24) is 4.90 Å². The molecular weight excluding hydrogens is 240 g/mol. The summed E-state index contributed by atoms with van der Waals surface area (Å²) >= 11 is 0. The van der Waals surface area contributed by atoms with Crippen LogP contribution in [0.3, 0.4) is 0 Å². The van der Waals surface area contributed by atoms with Crippen molar-refractivity contribution in [2.45, 2.75) is 26.2 Å². The molecule has 1 amide bonds. The van der Waals surface area contributed by atoms with Crippen LogP contribution in [0, 0.1) is 6.92 Å². The molecule has 4 nitrogen and oxygen atoms in total. The molecule has 1 rings (SSSR count). The summed E-state index contributed by atoms with van der Waals surface area (Å²) in [6.45, 7) is 2.92. The molecule has 106 valence electrons. The molecule has 0 heterocycles. The minimum atomic E-state index is 0.0389. The fourth-order valence-corrected chi connectivity index (χ4v) is 2.00. The van der Waals surface area contributed by atoms with Crippen LogP contribution in [0.5, 0.6) is 0 Å². The Hall–Kier alpha value is -1.55. The Morgan fingerprint density at radius 2 is 2.05 bits per heavy atom. The number of aryl methyl sites for hydroxylation is 1. The van der Waals surface area contributed by atoms with Crippen molar-refractivity contribution in [2.75, 3.05) is 32.6 Å². The third-order valence-electron chi connectivity index (χ3n) is 3.17. The van der Waals surface area contributed by atoms with Gasteiger partial charge in [0.15, 0.2) is 0 Å². The summed E-state index contributed by atoms with van der Waals surface area (Å²) in [6.07, 6.45) is 2.67. The van der Waals surface area contributed by atoms with Gasteiger partial charge in [0.1, 0.15) is 0 Å². The number of nitrogens with one attached hydrogen (secondary N) is 1. The van der Waals surface area contributed by atoms with E-state index >= 15 is 0 Å². The number of aliphatic hydroxyl groups excluding tert-OH is 1. The van der Waals surface area contributed by atoms with Crippen LogP contribution in [0.4, 0.5) is 5.69 Å². The molecular formula is C15H24N2O2. The van der Waals surface area contributed by atoms with E-state index < -0.39 is 0 Å². The number of carbonyl (C=O) groups is 1.